The second kappa shape index (κ2) is 6.24. The molecule has 1 atom stereocenters. The number of aromatic nitrogens is 3. The Morgan fingerprint density at radius 3 is 2.54 bits per heavy atom. The minimum Gasteiger partial charge on any atom is -0.324 e. The summed E-state index contributed by atoms with van der Waals surface area (Å²) in [5.41, 5.74) is 4.72. The van der Waals surface area contributed by atoms with Gasteiger partial charge in [0.2, 0.25) is 5.95 Å². The summed E-state index contributed by atoms with van der Waals surface area (Å²) in [5.74, 6) is 0.764. The van der Waals surface area contributed by atoms with Crippen LogP contribution in [0.2, 0.25) is 0 Å². The highest BCUT2D eigenvalue weighted by molar-refractivity contribution is 9.10. The lowest BCUT2D eigenvalue weighted by Gasteiger charge is -2.24. The molecule has 2 heterocycles. The Morgan fingerprint density at radius 1 is 1.08 bits per heavy atom. The molecule has 1 aliphatic heterocycles. The molecule has 0 bridgehead atoms. The molecule has 1 aliphatic rings. The van der Waals surface area contributed by atoms with Gasteiger partial charge in [0.05, 0.1) is 0 Å². The van der Waals surface area contributed by atoms with Gasteiger partial charge < -0.3 is 5.32 Å². The number of hydrogen-bond acceptors (Lipinski definition) is 3. The van der Waals surface area contributed by atoms with Gasteiger partial charge in [-0.3, -0.25) is 0 Å². The van der Waals surface area contributed by atoms with Crippen LogP contribution < -0.4 is 5.32 Å². The van der Waals surface area contributed by atoms with Crippen LogP contribution in [0, 0.1) is 0 Å². The topological polar surface area (TPSA) is 42.7 Å². The molecule has 0 fully saturated rings. The molecule has 0 saturated carbocycles. The summed E-state index contributed by atoms with van der Waals surface area (Å²) >= 11 is 3.48. The molecule has 0 aliphatic carbocycles. The number of hydrogen-bond donors (Lipinski definition) is 1. The predicted molar refractivity (Wildman–Crippen MR) is 99.7 cm³/mol. The van der Waals surface area contributed by atoms with Crippen molar-refractivity contribution in [3.63, 3.8) is 0 Å². The van der Waals surface area contributed by atoms with Crippen molar-refractivity contribution >= 4 is 27.6 Å². The third-order valence-electron chi connectivity index (χ3n) is 4.29. The molecule has 1 aromatic heterocycles. The molecule has 2 aromatic carbocycles. The van der Waals surface area contributed by atoms with E-state index in [9.17, 15) is 0 Å². The monoisotopic (exact) mass is 380 g/mol. The van der Waals surface area contributed by atoms with Crippen LogP contribution in [0.15, 0.2) is 65.4 Å². The summed E-state index contributed by atoms with van der Waals surface area (Å²) in [6.45, 7) is 2.17. The molecule has 4 rings (SSSR count). The number of halogens is 1. The molecule has 120 valence electrons. The fourth-order valence-electron chi connectivity index (χ4n) is 2.92. The highest BCUT2D eigenvalue weighted by atomic mass is 79.9. The van der Waals surface area contributed by atoms with E-state index in [1.54, 1.807) is 6.33 Å². The van der Waals surface area contributed by atoms with E-state index >= 15 is 0 Å². The van der Waals surface area contributed by atoms with Crippen molar-refractivity contribution in [2.24, 2.45) is 0 Å². The van der Waals surface area contributed by atoms with Gasteiger partial charge in [0, 0.05) is 10.2 Å². The first kappa shape index (κ1) is 15.1. The Kier molecular flexibility index (Phi) is 3.94. The Hall–Kier alpha value is -2.40. The highest BCUT2D eigenvalue weighted by Crippen LogP contribution is 2.32. The average molecular weight is 381 g/mol. The van der Waals surface area contributed by atoms with E-state index < -0.39 is 0 Å². The first-order chi connectivity index (χ1) is 11.7. The van der Waals surface area contributed by atoms with Crippen molar-refractivity contribution in [2.75, 3.05) is 5.32 Å². The summed E-state index contributed by atoms with van der Waals surface area (Å²) < 4.78 is 2.99. The predicted octanol–water partition coefficient (Wildman–Crippen LogP) is 4.66. The SMILES string of the molecule is CCc1ccc(C2C=C(c3ccc(Br)cc3)Nc3ncnn32)cc1. The van der Waals surface area contributed by atoms with E-state index in [0.29, 0.717) is 0 Å². The van der Waals surface area contributed by atoms with Crippen LogP contribution in [-0.2, 0) is 6.42 Å². The van der Waals surface area contributed by atoms with Gasteiger partial charge in [-0.2, -0.15) is 10.1 Å². The van der Waals surface area contributed by atoms with E-state index in [2.05, 4.69) is 80.7 Å². The lowest BCUT2D eigenvalue weighted by molar-refractivity contribution is 0.611. The Labute approximate surface area is 149 Å². The Balaban J connectivity index is 1.77. The number of benzene rings is 2. The van der Waals surface area contributed by atoms with E-state index in [4.69, 9.17) is 0 Å². The van der Waals surface area contributed by atoms with Gasteiger partial charge >= 0.3 is 0 Å². The van der Waals surface area contributed by atoms with Crippen LogP contribution in [0.5, 0.6) is 0 Å². The third kappa shape index (κ3) is 2.76. The number of allylic oxidation sites excluding steroid dienone is 1. The van der Waals surface area contributed by atoms with Gasteiger partial charge in [-0.1, -0.05) is 59.3 Å². The van der Waals surface area contributed by atoms with Crippen molar-refractivity contribution in [3.05, 3.63) is 82.1 Å². The largest absolute Gasteiger partial charge is 0.324 e. The maximum atomic E-state index is 4.39. The summed E-state index contributed by atoms with van der Waals surface area (Å²) in [6, 6.07) is 17.0. The first-order valence-electron chi connectivity index (χ1n) is 7.97. The van der Waals surface area contributed by atoms with Crippen molar-refractivity contribution in [3.8, 4) is 0 Å². The Bertz CT molecular complexity index is 878. The normalized spacial score (nSPS) is 16.2. The molecular formula is C19H17BrN4. The molecule has 0 amide bonds. The van der Waals surface area contributed by atoms with Gasteiger partial charge in [0.25, 0.3) is 0 Å². The molecule has 1 N–H and O–H groups in total. The zero-order chi connectivity index (χ0) is 16.5. The van der Waals surface area contributed by atoms with Crippen LogP contribution in [-0.4, -0.2) is 14.8 Å². The molecule has 1 unspecified atom stereocenters. The van der Waals surface area contributed by atoms with Gasteiger partial charge in [0.15, 0.2) is 0 Å². The number of nitrogens with zero attached hydrogens (tertiary/aromatic N) is 3. The molecule has 3 aromatic rings. The molecule has 4 nitrogen and oxygen atoms in total. The van der Waals surface area contributed by atoms with Crippen LogP contribution in [0.1, 0.15) is 29.7 Å². The summed E-state index contributed by atoms with van der Waals surface area (Å²) in [6.07, 6.45) is 4.83. The average Bonchev–Trinajstić information content (AvgIpc) is 3.10. The number of anilines is 1. The quantitative estimate of drug-likeness (QED) is 0.718. The third-order valence-corrected chi connectivity index (χ3v) is 4.82. The fraction of sp³-hybridized carbons (Fsp3) is 0.158. The van der Waals surface area contributed by atoms with E-state index in [1.807, 2.05) is 16.8 Å². The second-order valence-corrected chi connectivity index (χ2v) is 6.70. The van der Waals surface area contributed by atoms with Crippen molar-refractivity contribution in [1.82, 2.24) is 14.8 Å². The number of nitrogens with one attached hydrogen (secondary N) is 1. The maximum absolute atomic E-state index is 4.39. The van der Waals surface area contributed by atoms with Gasteiger partial charge in [-0.15, -0.1) is 0 Å². The molecule has 0 saturated heterocycles. The number of rotatable bonds is 3. The van der Waals surface area contributed by atoms with Gasteiger partial charge in [0.1, 0.15) is 12.4 Å². The zero-order valence-corrected chi connectivity index (χ0v) is 14.9. The standard InChI is InChI=1S/C19H17BrN4/c1-2-13-3-5-15(6-4-13)18-11-17(14-7-9-16(20)10-8-14)23-19-21-12-22-24(18)19/h3-12,18H,2H2,1H3,(H,21,22,23). The summed E-state index contributed by atoms with van der Waals surface area (Å²) in [4.78, 5) is 4.35. The minimum atomic E-state index is 0.0355. The molecular weight excluding hydrogens is 364 g/mol. The summed E-state index contributed by atoms with van der Waals surface area (Å²) in [5, 5.41) is 7.76. The van der Waals surface area contributed by atoms with Crippen LogP contribution in [0.25, 0.3) is 5.70 Å². The van der Waals surface area contributed by atoms with Gasteiger partial charge in [-0.05, 0) is 41.3 Å². The fourth-order valence-corrected chi connectivity index (χ4v) is 3.18. The molecule has 24 heavy (non-hydrogen) atoms. The van der Waals surface area contributed by atoms with Crippen LogP contribution >= 0.6 is 15.9 Å². The molecule has 0 spiro atoms. The molecule has 0 radical (unpaired) electrons. The maximum Gasteiger partial charge on any atom is 0.226 e. The summed E-state index contributed by atoms with van der Waals surface area (Å²) in [7, 11) is 0. The smallest absolute Gasteiger partial charge is 0.226 e. The van der Waals surface area contributed by atoms with E-state index in [0.717, 1.165) is 28.1 Å². The number of aryl methyl sites for hydroxylation is 1. The van der Waals surface area contributed by atoms with Crippen LogP contribution in [0.4, 0.5) is 5.95 Å². The van der Waals surface area contributed by atoms with E-state index in [1.165, 1.54) is 11.1 Å². The second-order valence-electron chi connectivity index (χ2n) is 5.78. The lowest BCUT2D eigenvalue weighted by atomic mass is 10.00. The minimum absolute atomic E-state index is 0.0355. The van der Waals surface area contributed by atoms with Crippen molar-refractivity contribution in [1.29, 1.82) is 0 Å². The lowest BCUT2D eigenvalue weighted by Crippen LogP contribution is -2.20. The number of fused-ring (bicyclic) bond motifs is 1. The Morgan fingerprint density at radius 2 is 1.83 bits per heavy atom. The van der Waals surface area contributed by atoms with E-state index in [-0.39, 0.29) is 6.04 Å². The van der Waals surface area contributed by atoms with Crippen molar-refractivity contribution in [2.45, 2.75) is 19.4 Å². The van der Waals surface area contributed by atoms with Crippen molar-refractivity contribution < 1.29 is 0 Å². The zero-order valence-electron chi connectivity index (χ0n) is 13.3. The van der Waals surface area contributed by atoms with Gasteiger partial charge in [-0.25, -0.2) is 4.68 Å². The molecule has 5 heteroatoms. The highest BCUT2D eigenvalue weighted by Gasteiger charge is 2.23. The van der Waals surface area contributed by atoms with Crippen LogP contribution in [0.3, 0.4) is 0 Å². The first-order valence-corrected chi connectivity index (χ1v) is 8.77.